The molecule has 0 aliphatic carbocycles. The van der Waals surface area contributed by atoms with Gasteiger partial charge in [-0.3, -0.25) is 9.69 Å². The number of hydrogen-bond acceptors (Lipinski definition) is 4. The molecular formula is C24H27FN4O2. The highest BCUT2D eigenvalue weighted by Crippen LogP contribution is 2.36. The lowest BCUT2D eigenvalue weighted by Crippen LogP contribution is -2.37. The van der Waals surface area contributed by atoms with Crippen LogP contribution in [0.2, 0.25) is 0 Å². The third kappa shape index (κ3) is 4.46. The van der Waals surface area contributed by atoms with E-state index >= 15 is 0 Å². The second-order valence-corrected chi connectivity index (χ2v) is 7.98. The molecule has 0 fully saturated rings. The van der Waals surface area contributed by atoms with Crippen LogP contribution in [-0.4, -0.2) is 66.5 Å². The van der Waals surface area contributed by atoms with Gasteiger partial charge in [-0.1, -0.05) is 6.08 Å². The fraction of sp³-hybridized carbons (Fsp3) is 0.333. The Morgan fingerprint density at radius 3 is 2.84 bits per heavy atom. The van der Waals surface area contributed by atoms with E-state index in [2.05, 4.69) is 27.0 Å². The summed E-state index contributed by atoms with van der Waals surface area (Å²) in [5.41, 5.74) is 4.53. The van der Waals surface area contributed by atoms with Gasteiger partial charge < -0.3 is 14.6 Å². The van der Waals surface area contributed by atoms with E-state index in [0.717, 1.165) is 48.2 Å². The van der Waals surface area contributed by atoms with Gasteiger partial charge in [0.25, 0.3) is 0 Å². The zero-order valence-corrected chi connectivity index (χ0v) is 18.1. The van der Waals surface area contributed by atoms with Crippen LogP contribution in [0.15, 0.2) is 42.6 Å². The van der Waals surface area contributed by atoms with Gasteiger partial charge in [0.1, 0.15) is 17.2 Å². The van der Waals surface area contributed by atoms with Crippen molar-refractivity contribution in [3.8, 4) is 16.9 Å². The first-order valence-corrected chi connectivity index (χ1v) is 10.4. The van der Waals surface area contributed by atoms with Crippen molar-refractivity contribution >= 4 is 22.5 Å². The number of aromatic amines is 1. The molecule has 1 amide bonds. The molecule has 3 aromatic rings. The van der Waals surface area contributed by atoms with Crippen molar-refractivity contribution in [2.24, 2.45) is 0 Å². The summed E-state index contributed by atoms with van der Waals surface area (Å²) in [5.74, 6) is 0.425. The second-order valence-electron chi connectivity index (χ2n) is 7.98. The molecule has 31 heavy (non-hydrogen) atoms. The van der Waals surface area contributed by atoms with E-state index in [9.17, 15) is 9.18 Å². The molecule has 6 nitrogen and oxygen atoms in total. The number of ether oxygens (including phenoxy) is 1. The summed E-state index contributed by atoms with van der Waals surface area (Å²) in [6.07, 6.45) is 5.67. The van der Waals surface area contributed by atoms with Gasteiger partial charge in [-0.2, -0.15) is 0 Å². The average molecular weight is 423 g/mol. The van der Waals surface area contributed by atoms with E-state index in [1.807, 2.05) is 6.07 Å². The Kier molecular flexibility index (Phi) is 6.04. The number of amides is 1. The molecule has 4 rings (SSSR count). The predicted octanol–water partition coefficient (Wildman–Crippen LogP) is 3.95. The van der Waals surface area contributed by atoms with Crippen LogP contribution < -0.4 is 4.74 Å². The van der Waals surface area contributed by atoms with Crippen molar-refractivity contribution in [3.63, 3.8) is 0 Å². The zero-order valence-electron chi connectivity index (χ0n) is 18.1. The van der Waals surface area contributed by atoms with Gasteiger partial charge in [0, 0.05) is 50.0 Å². The summed E-state index contributed by atoms with van der Waals surface area (Å²) in [4.78, 5) is 23.8. The van der Waals surface area contributed by atoms with Crippen LogP contribution in [0.3, 0.4) is 0 Å². The lowest BCUT2D eigenvalue weighted by Gasteiger charge is -2.21. The molecule has 162 valence electrons. The summed E-state index contributed by atoms with van der Waals surface area (Å²) in [5, 5.41) is 0.922. The maximum Gasteiger partial charge on any atom is 0.236 e. The number of nitrogens with zero attached hydrogens (tertiary/aromatic N) is 3. The second kappa shape index (κ2) is 8.89. The van der Waals surface area contributed by atoms with E-state index in [-0.39, 0.29) is 11.7 Å². The van der Waals surface area contributed by atoms with Crippen LogP contribution in [0.25, 0.3) is 27.7 Å². The van der Waals surface area contributed by atoms with Gasteiger partial charge in [-0.15, -0.1) is 0 Å². The Hall–Kier alpha value is -3.19. The van der Waals surface area contributed by atoms with Gasteiger partial charge >= 0.3 is 0 Å². The van der Waals surface area contributed by atoms with Gasteiger partial charge in [0.05, 0.1) is 13.7 Å². The summed E-state index contributed by atoms with van der Waals surface area (Å²) < 4.78 is 19.4. The van der Waals surface area contributed by atoms with Gasteiger partial charge in [0.2, 0.25) is 5.91 Å². The molecule has 1 aromatic carbocycles. The molecule has 1 N–H and O–H groups in total. The molecule has 0 atom stereocenters. The fourth-order valence-electron chi connectivity index (χ4n) is 3.97. The summed E-state index contributed by atoms with van der Waals surface area (Å²) in [6, 6.07) is 8.49. The standard InChI is InChI=1S/C24H27FN4O2/c1-28(2)23(30)15-29-11-4-5-16(9-12-29)21-14-20-18(8-10-26-24(20)27-21)19-13-17(25)6-7-22(19)31-3/h5-8,10,13-14H,4,9,11-12,15H2,1-3H3,(H,26,27). The van der Waals surface area contributed by atoms with Crippen molar-refractivity contribution in [1.82, 2.24) is 19.8 Å². The van der Waals surface area contributed by atoms with E-state index in [0.29, 0.717) is 17.9 Å². The minimum atomic E-state index is -0.310. The van der Waals surface area contributed by atoms with Crippen LogP contribution in [0.4, 0.5) is 4.39 Å². The summed E-state index contributed by atoms with van der Waals surface area (Å²) in [7, 11) is 5.15. The highest BCUT2D eigenvalue weighted by atomic mass is 19.1. The highest BCUT2D eigenvalue weighted by molar-refractivity contribution is 5.96. The molecule has 7 heteroatoms. The maximum atomic E-state index is 14.0. The number of carbonyl (C=O) groups excluding carboxylic acids is 1. The number of pyridine rings is 1. The van der Waals surface area contributed by atoms with E-state index < -0.39 is 0 Å². The molecule has 0 spiro atoms. The Morgan fingerprint density at radius 1 is 1.23 bits per heavy atom. The number of carbonyl (C=O) groups is 1. The van der Waals surface area contributed by atoms with Gasteiger partial charge in [0.15, 0.2) is 0 Å². The molecule has 0 bridgehead atoms. The summed E-state index contributed by atoms with van der Waals surface area (Å²) >= 11 is 0. The topological polar surface area (TPSA) is 61.5 Å². The molecule has 1 aliphatic heterocycles. The van der Waals surface area contributed by atoms with E-state index in [1.54, 1.807) is 38.4 Å². The first-order valence-electron chi connectivity index (χ1n) is 10.4. The number of H-pyrrole nitrogens is 1. The molecule has 3 heterocycles. The number of hydrogen-bond donors (Lipinski definition) is 1. The molecule has 0 saturated carbocycles. The minimum absolute atomic E-state index is 0.118. The minimum Gasteiger partial charge on any atom is -0.496 e. The molecule has 0 radical (unpaired) electrons. The Morgan fingerprint density at radius 2 is 2.06 bits per heavy atom. The third-order valence-electron chi connectivity index (χ3n) is 5.72. The molecule has 0 unspecified atom stereocenters. The first-order chi connectivity index (χ1) is 15.0. The van der Waals surface area contributed by atoms with Crippen molar-refractivity contribution in [2.75, 3.05) is 40.8 Å². The van der Waals surface area contributed by atoms with Crippen molar-refractivity contribution < 1.29 is 13.9 Å². The lowest BCUT2D eigenvalue weighted by atomic mass is 10.0. The number of methoxy groups -OCH3 is 1. The van der Waals surface area contributed by atoms with Crippen molar-refractivity contribution in [3.05, 3.63) is 54.1 Å². The van der Waals surface area contributed by atoms with Crippen LogP contribution in [-0.2, 0) is 4.79 Å². The van der Waals surface area contributed by atoms with Crippen molar-refractivity contribution in [2.45, 2.75) is 12.8 Å². The predicted molar refractivity (Wildman–Crippen MR) is 120 cm³/mol. The van der Waals surface area contributed by atoms with E-state index in [1.165, 1.54) is 17.7 Å². The van der Waals surface area contributed by atoms with Gasteiger partial charge in [-0.05, 0) is 54.3 Å². The smallest absolute Gasteiger partial charge is 0.236 e. The Balaban J connectivity index is 1.63. The monoisotopic (exact) mass is 422 g/mol. The third-order valence-corrected chi connectivity index (χ3v) is 5.72. The largest absolute Gasteiger partial charge is 0.496 e. The number of rotatable bonds is 5. The normalized spacial score (nSPS) is 14.9. The lowest BCUT2D eigenvalue weighted by molar-refractivity contribution is -0.129. The van der Waals surface area contributed by atoms with Crippen LogP contribution in [0.1, 0.15) is 18.5 Å². The van der Waals surface area contributed by atoms with Crippen molar-refractivity contribution in [1.29, 1.82) is 0 Å². The highest BCUT2D eigenvalue weighted by Gasteiger charge is 2.18. The van der Waals surface area contributed by atoms with Crippen LogP contribution in [0.5, 0.6) is 5.75 Å². The molecule has 2 aromatic heterocycles. The number of likely N-dealkylation sites (N-methyl/N-ethyl adjacent to an activating group) is 1. The number of nitrogens with one attached hydrogen (secondary N) is 1. The van der Waals surface area contributed by atoms with Gasteiger partial charge in [-0.25, -0.2) is 9.37 Å². The Labute approximate surface area is 181 Å². The number of fused-ring (bicyclic) bond motifs is 1. The zero-order chi connectivity index (χ0) is 22.0. The van der Waals surface area contributed by atoms with Crippen LogP contribution >= 0.6 is 0 Å². The Bertz CT molecular complexity index is 1140. The first kappa shape index (κ1) is 21.1. The molecule has 1 aliphatic rings. The average Bonchev–Trinajstić information content (AvgIpc) is 3.06. The molecule has 0 saturated heterocycles. The number of halogens is 1. The van der Waals surface area contributed by atoms with E-state index in [4.69, 9.17) is 4.74 Å². The summed E-state index contributed by atoms with van der Waals surface area (Å²) in [6.45, 7) is 2.11. The SMILES string of the molecule is COc1ccc(F)cc1-c1ccnc2[nH]c(C3=CCCN(CC(=O)N(C)C)CC3)cc12. The fourth-order valence-corrected chi connectivity index (χ4v) is 3.97. The number of aromatic nitrogens is 2. The maximum absolute atomic E-state index is 14.0. The number of benzene rings is 1. The molecular weight excluding hydrogens is 395 g/mol. The van der Waals surface area contributed by atoms with Crippen LogP contribution in [0, 0.1) is 5.82 Å². The quantitative estimate of drug-likeness (QED) is 0.677.